The summed E-state index contributed by atoms with van der Waals surface area (Å²) >= 11 is 0. The highest BCUT2D eigenvalue weighted by molar-refractivity contribution is 6.25. The minimum absolute atomic E-state index is 0.0501. The second-order valence-corrected chi connectivity index (χ2v) is 4.96. The number of carbonyl (C=O) groups excluding carboxylic acids is 1. The summed E-state index contributed by atoms with van der Waals surface area (Å²) in [6.07, 6.45) is 0. The summed E-state index contributed by atoms with van der Waals surface area (Å²) in [4.78, 5) is 19.1. The predicted molar refractivity (Wildman–Crippen MR) is 79.1 cm³/mol. The van der Waals surface area contributed by atoms with Gasteiger partial charge in [-0.3, -0.25) is 4.79 Å². The molecule has 0 aliphatic carbocycles. The summed E-state index contributed by atoms with van der Waals surface area (Å²) < 4.78 is 0. The molecule has 5 nitrogen and oxygen atoms in total. The predicted octanol–water partition coefficient (Wildman–Crippen LogP) is 0.815. The lowest BCUT2D eigenvalue weighted by atomic mass is 10.0. The number of carbonyl (C=O) groups is 1. The summed E-state index contributed by atoms with van der Waals surface area (Å²) in [5.74, 6) is -0.402. The second kappa shape index (κ2) is 3.96. The van der Waals surface area contributed by atoms with Gasteiger partial charge >= 0.3 is 0 Å². The van der Waals surface area contributed by atoms with Crippen molar-refractivity contribution < 1.29 is 9.90 Å². The van der Waals surface area contributed by atoms with E-state index in [1.54, 1.807) is 24.3 Å². The SMILES string of the molecule is Nc1ccc2[nH]c(O)c(C3=c4ccccc4=NC3=O)c2c1. The number of aromatic amines is 1. The van der Waals surface area contributed by atoms with Gasteiger partial charge in [-0.25, -0.2) is 4.99 Å². The van der Waals surface area contributed by atoms with E-state index in [1.165, 1.54) is 0 Å². The van der Waals surface area contributed by atoms with Crippen LogP contribution in [0.4, 0.5) is 5.69 Å². The average Bonchev–Trinajstić information content (AvgIpc) is 2.94. The molecule has 0 saturated heterocycles. The Labute approximate surface area is 119 Å². The molecular formula is C16H11N3O2. The Kier molecular flexibility index (Phi) is 2.21. The molecule has 1 aliphatic heterocycles. The Morgan fingerprint density at radius 2 is 1.95 bits per heavy atom. The quantitative estimate of drug-likeness (QED) is 0.575. The van der Waals surface area contributed by atoms with Gasteiger partial charge in [-0.2, -0.15) is 0 Å². The second-order valence-electron chi connectivity index (χ2n) is 4.96. The molecule has 21 heavy (non-hydrogen) atoms. The van der Waals surface area contributed by atoms with E-state index < -0.39 is 0 Å². The molecule has 0 atom stereocenters. The normalized spacial score (nSPS) is 13.5. The first-order chi connectivity index (χ1) is 10.1. The van der Waals surface area contributed by atoms with Crippen molar-refractivity contribution in [3.63, 3.8) is 0 Å². The molecule has 0 saturated carbocycles. The summed E-state index contributed by atoms with van der Waals surface area (Å²) in [7, 11) is 0. The number of nitrogen functional groups attached to an aromatic ring is 1. The number of nitrogens with two attached hydrogens (primary N) is 1. The van der Waals surface area contributed by atoms with Gasteiger partial charge in [-0.1, -0.05) is 18.2 Å². The number of amides is 1. The molecular weight excluding hydrogens is 266 g/mol. The number of H-pyrrole nitrogens is 1. The third kappa shape index (κ3) is 1.57. The Hall–Kier alpha value is -3.08. The van der Waals surface area contributed by atoms with Crippen LogP contribution in [0.2, 0.25) is 0 Å². The number of hydrogen-bond acceptors (Lipinski definition) is 3. The van der Waals surface area contributed by atoms with Gasteiger partial charge in [0.1, 0.15) is 0 Å². The highest BCUT2D eigenvalue weighted by atomic mass is 16.3. The average molecular weight is 277 g/mol. The van der Waals surface area contributed by atoms with Gasteiger partial charge < -0.3 is 15.8 Å². The van der Waals surface area contributed by atoms with Gasteiger partial charge in [0.25, 0.3) is 5.91 Å². The summed E-state index contributed by atoms with van der Waals surface area (Å²) in [6.45, 7) is 0. The van der Waals surface area contributed by atoms with Gasteiger partial charge in [0.15, 0.2) is 5.88 Å². The van der Waals surface area contributed by atoms with Crippen LogP contribution in [0.3, 0.4) is 0 Å². The topological polar surface area (TPSA) is 91.5 Å². The lowest BCUT2D eigenvalue weighted by Gasteiger charge is -2.00. The molecule has 4 N–H and O–H groups in total. The van der Waals surface area contributed by atoms with E-state index >= 15 is 0 Å². The lowest BCUT2D eigenvalue weighted by Crippen LogP contribution is -2.22. The van der Waals surface area contributed by atoms with Crippen LogP contribution in [0.15, 0.2) is 47.5 Å². The van der Waals surface area contributed by atoms with Crippen LogP contribution < -0.4 is 16.3 Å². The van der Waals surface area contributed by atoms with Crippen LogP contribution in [-0.4, -0.2) is 16.0 Å². The number of aromatic nitrogens is 1. The summed E-state index contributed by atoms with van der Waals surface area (Å²) in [6, 6.07) is 12.5. The van der Waals surface area contributed by atoms with Crippen LogP contribution in [0, 0.1) is 0 Å². The smallest absolute Gasteiger partial charge is 0.279 e. The van der Waals surface area contributed by atoms with Gasteiger partial charge in [-0.05, 0) is 24.3 Å². The maximum atomic E-state index is 12.3. The maximum Gasteiger partial charge on any atom is 0.279 e. The molecule has 5 heteroatoms. The summed E-state index contributed by atoms with van der Waals surface area (Å²) in [5.41, 5.74) is 7.97. The van der Waals surface area contributed by atoms with Crippen molar-refractivity contribution in [3.05, 3.63) is 58.6 Å². The van der Waals surface area contributed by atoms with Crippen LogP contribution in [-0.2, 0) is 4.79 Å². The number of para-hydroxylation sites is 1. The molecule has 0 radical (unpaired) electrons. The number of hydrogen-bond donors (Lipinski definition) is 3. The van der Waals surface area contributed by atoms with Crippen LogP contribution in [0.5, 0.6) is 5.88 Å². The number of rotatable bonds is 1. The zero-order valence-electron chi connectivity index (χ0n) is 10.9. The first-order valence-corrected chi connectivity index (χ1v) is 6.48. The standard InChI is InChI=1S/C16H11N3O2/c17-8-5-6-12-10(7-8)14(16(21)19-12)13-9-3-1-2-4-11(9)18-15(13)20/h1-7,19,21H,17H2. The molecule has 1 aliphatic rings. The van der Waals surface area contributed by atoms with Crippen molar-refractivity contribution in [1.29, 1.82) is 0 Å². The van der Waals surface area contributed by atoms with Crippen molar-refractivity contribution in [1.82, 2.24) is 4.98 Å². The Balaban J connectivity index is 2.18. The Morgan fingerprint density at radius 1 is 1.14 bits per heavy atom. The van der Waals surface area contributed by atoms with Crippen LogP contribution in [0.1, 0.15) is 5.56 Å². The molecule has 1 aromatic heterocycles. The third-order valence-corrected chi connectivity index (χ3v) is 3.66. The highest BCUT2D eigenvalue weighted by Crippen LogP contribution is 2.34. The van der Waals surface area contributed by atoms with E-state index in [0.29, 0.717) is 27.6 Å². The third-order valence-electron chi connectivity index (χ3n) is 3.66. The number of nitrogens with one attached hydrogen (secondary N) is 1. The minimum Gasteiger partial charge on any atom is -0.494 e. The first-order valence-electron chi connectivity index (χ1n) is 6.48. The van der Waals surface area contributed by atoms with E-state index in [4.69, 9.17) is 5.73 Å². The number of fused-ring (bicyclic) bond motifs is 2. The maximum absolute atomic E-state index is 12.3. The fourth-order valence-corrected chi connectivity index (χ4v) is 2.75. The fraction of sp³-hybridized carbons (Fsp3) is 0. The molecule has 0 fully saturated rings. The van der Waals surface area contributed by atoms with E-state index in [-0.39, 0.29) is 11.8 Å². The Bertz CT molecular complexity index is 1030. The van der Waals surface area contributed by atoms with Crippen molar-refractivity contribution >= 4 is 28.1 Å². The van der Waals surface area contributed by atoms with Gasteiger partial charge in [-0.15, -0.1) is 0 Å². The van der Waals surface area contributed by atoms with E-state index in [2.05, 4.69) is 9.98 Å². The largest absolute Gasteiger partial charge is 0.494 e. The molecule has 4 rings (SSSR count). The zero-order chi connectivity index (χ0) is 14.6. The summed E-state index contributed by atoms with van der Waals surface area (Å²) in [5, 5.41) is 12.3. The van der Waals surface area contributed by atoms with Crippen LogP contribution in [0.25, 0.3) is 16.5 Å². The van der Waals surface area contributed by atoms with Gasteiger partial charge in [0.2, 0.25) is 0 Å². The first kappa shape index (κ1) is 11.7. The van der Waals surface area contributed by atoms with Crippen molar-refractivity contribution in [2.45, 2.75) is 0 Å². The van der Waals surface area contributed by atoms with Crippen LogP contribution >= 0.6 is 0 Å². The fourth-order valence-electron chi connectivity index (χ4n) is 2.75. The van der Waals surface area contributed by atoms with Gasteiger partial charge in [0, 0.05) is 21.8 Å². The molecule has 102 valence electrons. The molecule has 0 spiro atoms. The number of aromatic hydroxyl groups is 1. The lowest BCUT2D eigenvalue weighted by molar-refractivity contribution is -0.112. The molecule has 0 bridgehead atoms. The van der Waals surface area contributed by atoms with Crippen molar-refractivity contribution in [2.24, 2.45) is 4.99 Å². The van der Waals surface area contributed by atoms with E-state index in [1.807, 2.05) is 18.2 Å². The Morgan fingerprint density at radius 3 is 2.81 bits per heavy atom. The molecule has 2 aromatic carbocycles. The monoisotopic (exact) mass is 277 g/mol. The van der Waals surface area contributed by atoms with E-state index in [9.17, 15) is 9.90 Å². The zero-order valence-corrected chi connectivity index (χ0v) is 10.9. The number of nitrogens with zero attached hydrogens (tertiary/aromatic N) is 1. The van der Waals surface area contributed by atoms with Gasteiger partial charge in [0.05, 0.1) is 16.5 Å². The minimum atomic E-state index is -0.352. The number of anilines is 1. The molecule has 1 amide bonds. The molecule has 2 heterocycles. The van der Waals surface area contributed by atoms with E-state index in [0.717, 1.165) is 10.7 Å². The van der Waals surface area contributed by atoms with Crippen molar-refractivity contribution in [2.75, 3.05) is 5.73 Å². The molecule has 3 aromatic rings. The highest BCUT2D eigenvalue weighted by Gasteiger charge is 2.24. The molecule has 0 unspecified atom stereocenters. The number of benzene rings is 2. The van der Waals surface area contributed by atoms with Crippen molar-refractivity contribution in [3.8, 4) is 5.88 Å².